The lowest BCUT2D eigenvalue weighted by Gasteiger charge is -2.27. The SMILES string of the molecule is NCCCCCCSc1cccc2c1C(=O)N(C1CCC(=O)NC1=O)C2=O. The normalized spacial score (nSPS) is 19.4. The van der Waals surface area contributed by atoms with Gasteiger partial charge in [-0.1, -0.05) is 18.9 Å². The predicted molar refractivity (Wildman–Crippen MR) is 101 cm³/mol. The number of unbranched alkanes of at least 4 members (excludes halogenated alkanes) is 3. The number of nitrogens with one attached hydrogen (secondary N) is 1. The summed E-state index contributed by atoms with van der Waals surface area (Å²) in [5.41, 5.74) is 6.20. The third kappa shape index (κ3) is 4.06. The molecule has 8 heteroatoms. The highest BCUT2D eigenvalue weighted by Gasteiger charge is 2.45. The Labute approximate surface area is 162 Å². The average Bonchev–Trinajstić information content (AvgIpc) is 2.90. The molecule has 3 rings (SSSR count). The molecule has 0 spiro atoms. The van der Waals surface area contributed by atoms with Crippen molar-refractivity contribution in [3.8, 4) is 0 Å². The molecule has 27 heavy (non-hydrogen) atoms. The molecule has 7 nitrogen and oxygen atoms in total. The van der Waals surface area contributed by atoms with Crippen LogP contribution in [0.25, 0.3) is 0 Å². The molecular formula is C19H23N3O4S. The van der Waals surface area contributed by atoms with Crippen molar-refractivity contribution >= 4 is 35.4 Å². The first kappa shape index (κ1) is 19.6. The summed E-state index contributed by atoms with van der Waals surface area (Å²) in [6.45, 7) is 0.701. The molecule has 144 valence electrons. The van der Waals surface area contributed by atoms with E-state index in [1.54, 1.807) is 23.9 Å². The highest BCUT2D eigenvalue weighted by molar-refractivity contribution is 7.99. The Morgan fingerprint density at radius 3 is 2.59 bits per heavy atom. The number of nitrogens with two attached hydrogens (primary N) is 1. The third-order valence-corrected chi connectivity index (χ3v) is 5.93. The van der Waals surface area contributed by atoms with Crippen molar-refractivity contribution in [3.05, 3.63) is 29.3 Å². The summed E-state index contributed by atoms with van der Waals surface area (Å²) < 4.78 is 0. The second kappa shape index (κ2) is 8.67. The third-order valence-electron chi connectivity index (χ3n) is 4.79. The Bertz CT molecular complexity index is 780. The van der Waals surface area contributed by atoms with E-state index in [0.717, 1.165) is 41.2 Å². The molecule has 1 saturated heterocycles. The molecule has 0 aliphatic carbocycles. The molecule has 0 bridgehead atoms. The molecule has 0 radical (unpaired) electrons. The van der Waals surface area contributed by atoms with Gasteiger partial charge in [-0.05, 0) is 43.7 Å². The quantitative estimate of drug-likeness (QED) is 0.398. The minimum Gasteiger partial charge on any atom is -0.330 e. The van der Waals surface area contributed by atoms with Gasteiger partial charge >= 0.3 is 0 Å². The van der Waals surface area contributed by atoms with Gasteiger partial charge < -0.3 is 5.73 Å². The molecule has 2 heterocycles. The first-order valence-corrected chi connectivity index (χ1v) is 10.2. The first-order valence-electron chi connectivity index (χ1n) is 9.22. The van der Waals surface area contributed by atoms with Crippen molar-refractivity contribution in [1.29, 1.82) is 0 Å². The number of imide groups is 2. The monoisotopic (exact) mass is 389 g/mol. The molecule has 2 aliphatic heterocycles. The molecule has 1 atom stereocenters. The van der Waals surface area contributed by atoms with Gasteiger partial charge in [0.05, 0.1) is 11.1 Å². The van der Waals surface area contributed by atoms with Gasteiger partial charge in [-0.3, -0.25) is 29.4 Å². The van der Waals surface area contributed by atoms with Gasteiger partial charge in [0.1, 0.15) is 6.04 Å². The molecule has 0 aromatic heterocycles. The fraction of sp³-hybridized carbons (Fsp3) is 0.474. The molecule has 4 amide bonds. The van der Waals surface area contributed by atoms with E-state index < -0.39 is 23.8 Å². The Morgan fingerprint density at radius 1 is 1.07 bits per heavy atom. The molecule has 1 unspecified atom stereocenters. The van der Waals surface area contributed by atoms with Crippen molar-refractivity contribution < 1.29 is 19.2 Å². The topological polar surface area (TPSA) is 110 Å². The van der Waals surface area contributed by atoms with Gasteiger partial charge in [0, 0.05) is 11.3 Å². The molecule has 1 fully saturated rings. The van der Waals surface area contributed by atoms with Crippen LogP contribution in [-0.4, -0.2) is 46.9 Å². The summed E-state index contributed by atoms with van der Waals surface area (Å²) >= 11 is 1.55. The van der Waals surface area contributed by atoms with Crippen molar-refractivity contribution in [2.75, 3.05) is 12.3 Å². The number of hydrogen-bond acceptors (Lipinski definition) is 6. The fourth-order valence-corrected chi connectivity index (χ4v) is 4.47. The van der Waals surface area contributed by atoms with E-state index in [-0.39, 0.29) is 18.7 Å². The molecule has 1 aromatic carbocycles. The number of amides is 4. The van der Waals surface area contributed by atoms with Gasteiger partial charge in [-0.15, -0.1) is 11.8 Å². The molecule has 2 aliphatic rings. The second-order valence-corrected chi connectivity index (χ2v) is 7.81. The number of benzene rings is 1. The van der Waals surface area contributed by atoms with Gasteiger partial charge in [-0.25, -0.2) is 0 Å². The zero-order chi connectivity index (χ0) is 19.4. The van der Waals surface area contributed by atoms with Crippen LogP contribution in [0.3, 0.4) is 0 Å². The zero-order valence-electron chi connectivity index (χ0n) is 15.0. The van der Waals surface area contributed by atoms with E-state index in [1.807, 2.05) is 6.07 Å². The average molecular weight is 389 g/mol. The number of fused-ring (bicyclic) bond motifs is 1. The van der Waals surface area contributed by atoms with E-state index in [2.05, 4.69) is 5.32 Å². The number of carbonyl (C=O) groups is 4. The summed E-state index contributed by atoms with van der Waals surface area (Å²) in [7, 11) is 0. The Kier molecular flexibility index (Phi) is 6.28. The van der Waals surface area contributed by atoms with Crippen LogP contribution in [0.5, 0.6) is 0 Å². The van der Waals surface area contributed by atoms with Crippen LogP contribution in [0, 0.1) is 0 Å². The van der Waals surface area contributed by atoms with E-state index in [0.29, 0.717) is 17.7 Å². The lowest BCUT2D eigenvalue weighted by Crippen LogP contribution is -2.54. The largest absolute Gasteiger partial charge is 0.330 e. The number of nitrogens with zero attached hydrogens (tertiary/aromatic N) is 1. The van der Waals surface area contributed by atoms with E-state index in [9.17, 15) is 19.2 Å². The number of rotatable bonds is 8. The van der Waals surface area contributed by atoms with Crippen LogP contribution in [-0.2, 0) is 9.59 Å². The Balaban J connectivity index is 1.72. The van der Waals surface area contributed by atoms with E-state index >= 15 is 0 Å². The summed E-state index contributed by atoms with van der Waals surface area (Å²) in [6.07, 6.45) is 4.47. The minimum absolute atomic E-state index is 0.119. The van der Waals surface area contributed by atoms with Crippen LogP contribution >= 0.6 is 11.8 Å². The van der Waals surface area contributed by atoms with Crippen molar-refractivity contribution in [2.45, 2.75) is 49.5 Å². The van der Waals surface area contributed by atoms with Gasteiger partial charge in [0.25, 0.3) is 11.8 Å². The number of carbonyl (C=O) groups excluding carboxylic acids is 4. The van der Waals surface area contributed by atoms with Gasteiger partial charge in [0.15, 0.2) is 0 Å². The summed E-state index contributed by atoms with van der Waals surface area (Å²) in [5.74, 6) is -1.03. The zero-order valence-corrected chi connectivity index (χ0v) is 15.8. The highest BCUT2D eigenvalue weighted by Crippen LogP contribution is 2.34. The van der Waals surface area contributed by atoms with Crippen molar-refractivity contribution in [2.24, 2.45) is 5.73 Å². The van der Waals surface area contributed by atoms with Gasteiger partial charge in [0.2, 0.25) is 11.8 Å². The standard InChI is InChI=1S/C19H23N3O4S/c20-10-3-1-2-4-11-27-14-7-5-6-12-16(14)19(26)22(18(12)25)13-8-9-15(23)21-17(13)24/h5-7,13H,1-4,8-11,20H2,(H,21,23,24). The number of hydrogen-bond donors (Lipinski definition) is 2. The van der Waals surface area contributed by atoms with Crippen molar-refractivity contribution in [1.82, 2.24) is 10.2 Å². The Morgan fingerprint density at radius 2 is 1.85 bits per heavy atom. The highest BCUT2D eigenvalue weighted by atomic mass is 32.2. The maximum atomic E-state index is 12.9. The van der Waals surface area contributed by atoms with Crippen LogP contribution in [0.1, 0.15) is 59.2 Å². The maximum absolute atomic E-state index is 12.9. The molecule has 3 N–H and O–H groups in total. The molecule has 0 saturated carbocycles. The maximum Gasteiger partial charge on any atom is 0.263 e. The minimum atomic E-state index is -0.927. The lowest BCUT2D eigenvalue weighted by molar-refractivity contribution is -0.136. The summed E-state index contributed by atoms with van der Waals surface area (Å²) in [5, 5.41) is 2.21. The van der Waals surface area contributed by atoms with Gasteiger partial charge in [-0.2, -0.15) is 0 Å². The summed E-state index contributed by atoms with van der Waals surface area (Å²) in [4.78, 5) is 50.9. The van der Waals surface area contributed by atoms with Crippen LogP contribution in [0.2, 0.25) is 0 Å². The van der Waals surface area contributed by atoms with Crippen LogP contribution in [0.4, 0.5) is 0 Å². The van der Waals surface area contributed by atoms with E-state index in [1.165, 1.54) is 0 Å². The van der Waals surface area contributed by atoms with E-state index in [4.69, 9.17) is 5.73 Å². The number of piperidine rings is 1. The van der Waals surface area contributed by atoms with Crippen LogP contribution < -0.4 is 11.1 Å². The second-order valence-electron chi connectivity index (χ2n) is 6.68. The lowest BCUT2D eigenvalue weighted by atomic mass is 10.0. The predicted octanol–water partition coefficient (Wildman–Crippen LogP) is 1.70. The fourth-order valence-electron chi connectivity index (χ4n) is 3.39. The molecular weight excluding hydrogens is 366 g/mol. The number of thioether (sulfide) groups is 1. The molecule has 1 aromatic rings. The van der Waals surface area contributed by atoms with Crippen molar-refractivity contribution in [3.63, 3.8) is 0 Å². The first-order chi connectivity index (χ1) is 13.0. The smallest absolute Gasteiger partial charge is 0.263 e. The van der Waals surface area contributed by atoms with Crippen LogP contribution in [0.15, 0.2) is 23.1 Å². The summed E-state index contributed by atoms with van der Waals surface area (Å²) in [6, 6.07) is 4.29. The Hall–Kier alpha value is -2.19.